The SMILES string of the molecule is CCN(CC)S(=O)(=O)c1cccc(C(=O)Oc2ccc(NC(C)=O)cc2)c1. The predicted octanol–water partition coefficient (Wildman–Crippen LogP) is 2.89. The Kier molecular flexibility index (Phi) is 6.70. The molecular formula is C19H22N2O5S. The molecule has 0 saturated heterocycles. The topological polar surface area (TPSA) is 92.8 Å². The molecule has 2 aromatic rings. The summed E-state index contributed by atoms with van der Waals surface area (Å²) in [6.45, 7) is 5.59. The molecule has 0 aromatic heterocycles. The molecular weight excluding hydrogens is 368 g/mol. The first-order valence-electron chi connectivity index (χ1n) is 8.48. The van der Waals surface area contributed by atoms with E-state index >= 15 is 0 Å². The van der Waals surface area contributed by atoms with E-state index in [2.05, 4.69) is 5.32 Å². The van der Waals surface area contributed by atoms with Gasteiger partial charge in [-0.05, 0) is 42.5 Å². The minimum Gasteiger partial charge on any atom is -0.423 e. The van der Waals surface area contributed by atoms with Crippen LogP contribution >= 0.6 is 0 Å². The van der Waals surface area contributed by atoms with Gasteiger partial charge in [-0.1, -0.05) is 19.9 Å². The van der Waals surface area contributed by atoms with Crippen molar-refractivity contribution >= 4 is 27.6 Å². The zero-order valence-electron chi connectivity index (χ0n) is 15.4. The van der Waals surface area contributed by atoms with Crippen LogP contribution in [-0.4, -0.2) is 37.7 Å². The second-order valence-corrected chi connectivity index (χ2v) is 7.65. The summed E-state index contributed by atoms with van der Waals surface area (Å²) in [6.07, 6.45) is 0. The maximum Gasteiger partial charge on any atom is 0.343 e. The van der Waals surface area contributed by atoms with E-state index in [0.29, 0.717) is 18.8 Å². The lowest BCUT2D eigenvalue weighted by molar-refractivity contribution is -0.114. The summed E-state index contributed by atoms with van der Waals surface area (Å²) in [5.74, 6) is -0.587. The van der Waals surface area contributed by atoms with Crippen molar-refractivity contribution in [1.29, 1.82) is 0 Å². The Morgan fingerprint density at radius 3 is 2.22 bits per heavy atom. The first-order chi connectivity index (χ1) is 12.8. The van der Waals surface area contributed by atoms with E-state index in [9.17, 15) is 18.0 Å². The van der Waals surface area contributed by atoms with Crippen molar-refractivity contribution in [3.05, 3.63) is 54.1 Å². The molecule has 144 valence electrons. The second-order valence-electron chi connectivity index (χ2n) is 5.71. The van der Waals surface area contributed by atoms with Gasteiger partial charge in [-0.25, -0.2) is 13.2 Å². The fraction of sp³-hybridized carbons (Fsp3) is 0.263. The number of rotatable bonds is 7. The minimum atomic E-state index is -3.66. The number of carbonyl (C=O) groups is 2. The van der Waals surface area contributed by atoms with Crippen LogP contribution in [0.5, 0.6) is 5.75 Å². The molecule has 7 nitrogen and oxygen atoms in total. The molecule has 1 N–H and O–H groups in total. The van der Waals surface area contributed by atoms with Crippen LogP contribution in [-0.2, 0) is 14.8 Å². The highest BCUT2D eigenvalue weighted by Gasteiger charge is 2.22. The number of nitrogens with one attached hydrogen (secondary N) is 1. The number of benzene rings is 2. The van der Waals surface area contributed by atoms with Crippen molar-refractivity contribution in [2.75, 3.05) is 18.4 Å². The second kappa shape index (κ2) is 8.79. The monoisotopic (exact) mass is 390 g/mol. The zero-order valence-corrected chi connectivity index (χ0v) is 16.2. The maximum atomic E-state index is 12.6. The quantitative estimate of drug-likeness (QED) is 0.580. The number of esters is 1. The minimum absolute atomic E-state index is 0.0432. The van der Waals surface area contributed by atoms with Crippen LogP contribution in [0.3, 0.4) is 0 Å². The van der Waals surface area contributed by atoms with Crippen LogP contribution in [0.15, 0.2) is 53.4 Å². The van der Waals surface area contributed by atoms with E-state index < -0.39 is 16.0 Å². The van der Waals surface area contributed by atoms with E-state index in [-0.39, 0.29) is 22.1 Å². The average molecular weight is 390 g/mol. The number of hydrogen-bond donors (Lipinski definition) is 1. The molecule has 0 radical (unpaired) electrons. The summed E-state index contributed by atoms with van der Waals surface area (Å²) < 4.78 is 31.8. The van der Waals surface area contributed by atoms with Crippen molar-refractivity contribution < 1.29 is 22.7 Å². The summed E-state index contributed by atoms with van der Waals surface area (Å²) >= 11 is 0. The third kappa shape index (κ3) is 5.15. The Morgan fingerprint density at radius 2 is 1.67 bits per heavy atom. The highest BCUT2D eigenvalue weighted by Crippen LogP contribution is 2.20. The van der Waals surface area contributed by atoms with Crippen molar-refractivity contribution in [3.8, 4) is 5.75 Å². The average Bonchev–Trinajstić information content (AvgIpc) is 2.64. The number of sulfonamides is 1. The largest absolute Gasteiger partial charge is 0.423 e. The predicted molar refractivity (Wildman–Crippen MR) is 102 cm³/mol. The first kappa shape index (κ1) is 20.6. The maximum absolute atomic E-state index is 12.6. The van der Waals surface area contributed by atoms with E-state index in [0.717, 1.165) is 0 Å². The number of nitrogens with zero attached hydrogens (tertiary/aromatic N) is 1. The smallest absolute Gasteiger partial charge is 0.343 e. The van der Waals surface area contributed by atoms with Gasteiger partial charge in [-0.3, -0.25) is 4.79 Å². The lowest BCUT2D eigenvalue weighted by atomic mass is 10.2. The molecule has 0 heterocycles. The lowest BCUT2D eigenvalue weighted by Crippen LogP contribution is -2.30. The van der Waals surface area contributed by atoms with Gasteiger partial charge >= 0.3 is 5.97 Å². The Bertz CT molecular complexity index is 919. The van der Waals surface area contributed by atoms with Gasteiger partial charge in [0, 0.05) is 25.7 Å². The molecule has 8 heteroatoms. The molecule has 0 unspecified atom stereocenters. The van der Waals surface area contributed by atoms with Gasteiger partial charge in [0.15, 0.2) is 0 Å². The Morgan fingerprint density at radius 1 is 1.04 bits per heavy atom. The normalized spacial score (nSPS) is 11.3. The zero-order chi connectivity index (χ0) is 20.0. The summed E-state index contributed by atoms with van der Waals surface area (Å²) in [5.41, 5.74) is 0.712. The van der Waals surface area contributed by atoms with Crippen LogP contribution in [0.2, 0.25) is 0 Å². The third-order valence-electron chi connectivity index (χ3n) is 3.80. The van der Waals surface area contributed by atoms with Gasteiger partial charge in [-0.15, -0.1) is 0 Å². The number of hydrogen-bond acceptors (Lipinski definition) is 5. The summed E-state index contributed by atoms with van der Waals surface area (Å²) in [4.78, 5) is 23.4. The molecule has 2 aromatic carbocycles. The fourth-order valence-corrected chi connectivity index (χ4v) is 3.98. The van der Waals surface area contributed by atoms with Gasteiger partial charge in [0.25, 0.3) is 0 Å². The van der Waals surface area contributed by atoms with E-state index in [1.54, 1.807) is 38.1 Å². The molecule has 0 aliphatic rings. The van der Waals surface area contributed by atoms with Crippen LogP contribution in [0.1, 0.15) is 31.1 Å². The number of anilines is 1. The molecule has 27 heavy (non-hydrogen) atoms. The fourth-order valence-electron chi connectivity index (χ4n) is 2.47. The number of amides is 1. The summed E-state index contributed by atoms with van der Waals surface area (Å²) in [5, 5.41) is 2.61. The molecule has 0 atom stereocenters. The van der Waals surface area contributed by atoms with Crippen LogP contribution in [0, 0.1) is 0 Å². The van der Waals surface area contributed by atoms with Gasteiger partial charge < -0.3 is 10.1 Å². The van der Waals surface area contributed by atoms with Crippen molar-refractivity contribution in [3.63, 3.8) is 0 Å². The number of carbonyl (C=O) groups excluding carboxylic acids is 2. The summed E-state index contributed by atoms with van der Waals surface area (Å²) in [6, 6.07) is 12.0. The van der Waals surface area contributed by atoms with Gasteiger partial charge in [0.05, 0.1) is 10.5 Å². The van der Waals surface area contributed by atoms with E-state index in [1.807, 2.05) is 0 Å². The van der Waals surface area contributed by atoms with Crippen molar-refractivity contribution in [1.82, 2.24) is 4.31 Å². The molecule has 0 aliphatic heterocycles. The molecule has 2 rings (SSSR count). The molecule has 0 spiro atoms. The number of ether oxygens (including phenoxy) is 1. The molecule has 1 amide bonds. The molecule has 0 bridgehead atoms. The Balaban J connectivity index is 2.19. The van der Waals surface area contributed by atoms with E-state index in [4.69, 9.17) is 4.74 Å². The van der Waals surface area contributed by atoms with Gasteiger partial charge in [0.1, 0.15) is 5.75 Å². The van der Waals surface area contributed by atoms with Crippen LogP contribution < -0.4 is 10.1 Å². The highest BCUT2D eigenvalue weighted by molar-refractivity contribution is 7.89. The molecule has 0 aliphatic carbocycles. The van der Waals surface area contributed by atoms with Crippen LogP contribution in [0.4, 0.5) is 5.69 Å². The van der Waals surface area contributed by atoms with Crippen LogP contribution in [0.25, 0.3) is 0 Å². The highest BCUT2D eigenvalue weighted by atomic mass is 32.2. The van der Waals surface area contributed by atoms with Gasteiger partial charge in [-0.2, -0.15) is 4.31 Å². The van der Waals surface area contributed by atoms with Gasteiger partial charge in [0.2, 0.25) is 15.9 Å². The first-order valence-corrected chi connectivity index (χ1v) is 9.92. The Labute approximate surface area is 159 Å². The third-order valence-corrected chi connectivity index (χ3v) is 5.84. The molecule has 0 fully saturated rings. The summed E-state index contributed by atoms with van der Waals surface area (Å²) in [7, 11) is -3.66. The van der Waals surface area contributed by atoms with Crippen molar-refractivity contribution in [2.24, 2.45) is 0 Å². The lowest BCUT2D eigenvalue weighted by Gasteiger charge is -2.18. The standard InChI is InChI=1S/C19H22N2O5S/c1-4-21(5-2)27(24,25)18-8-6-7-15(13-18)19(23)26-17-11-9-16(10-12-17)20-14(3)22/h6-13H,4-5H2,1-3H3,(H,20,22). The molecule has 0 saturated carbocycles. The Hall–Kier alpha value is -2.71. The van der Waals surface area contributed by atoms with E-state index in [1.165, 1.54) is 35.5 Å². The van der Waals surface area contributed by atoms with Crippen molar-refractivity contribution in [2.45, 2.75) is 25.7 Å².